The van der Waals surface area contributed by atoms with Gasteiger partial charge in [0.05, 0.1) is 33.7 Å². The van der Waals surface area contributed by atoms with E-state index < -0.39 is 0 Å². The molecule has 0 unspecified atom stereocenters. The predicted octanol–water partition coefficient (Wildman–Crippen LogP) is 11.4. The molecule has 0 saturated carbocycles. The van der Waals surface area contributed by atoms with Crippen molar-refractivity contribution in [2.75, 3.05) is 0 Å². The largest absolute Gasteiger partial charge is 0.309 e. The van der Waals surface area contributed by atoms with Crippen LogP contribution in [0.4, 0.5) is 0 Å². The smallest absolute Gasteiger partial charge is 0.164 e. The number of hydrogen-bond acceptors (Lipinski definition) is 4. The Morgan fingerprint density at radius 3 is 1.75 bits per heavy atom. The van der Waals surface area contributed by atoms with Crippen molar-refractivity contribution in [3.8, 4) is 40.2 Å². The normalized spacial score (nSPS) is 12.2. The summed E-state index contributed by atoms with van der Waals surface area (Å²) in [7, 11) is 0. The van der Waals surface area contributed by atoms with Gasteiger partial charge in [-0.15, -0.1) is 0 Å². The highest BCUT2D eigenvalue weighted by Gasteiger charge is 2.19. The van der Waals surface area contributed by atoms with Crippen LogP contribution in [0.5, 0.6) is 0 Å². The van der Waals surface area contributed by atoms with Crippen molar-refractivity contribution in [3.05, 3.63) is 182 Å². The zero-order valence-corrected chi connectivity index (χ0v) is 29.0. The van der Waals surface area contributed by atoms with Gasteiger partial charge < -0.3 is 9.13 Å². The van der Waals surface area contributed by atoms with Crippen molar-refractivity contribution in [1.82, 2.24) is 24.1 Å². The van der Waals surface area contributed by atoms with E-state index >= 15 is 0 Å². The molecule has 3 heterocycles. The minimum atomic E-state index is 0.467. The molecule has 6 heteroatoms. The lowest BCUT2D eigenvalue weighted by Gasteiger charge is -2.12. The number of hydrogen-bond donors (Lipinski definition) is 0. The van der Waals surface area contributed by atoms with Crippen LogP contribution in [-0.2, 0) is 0 Å². The first kappa shape index (κ1) is 31.6. The van der Waals surface area contributed by atoms with Gasteiger partial charge in [0.15, 0.2) is 17.5 Å². The van der Waals surface area contributed by atoms with Crippen LogP contribution in [-0.4, -0.2) is 24.1 Å². The van der Waals surface area contributed by atoms with Crippen LogP contribution in [0.15, 0.2) is 176 Å². The Morgan fingerprint density at radius 2 is 1.11 bits per heavy atom. The second kappa shape index (κ2) is 13.1. The lowest BCUT2D eigenvalue weighted by Crippen LogP contribution is -2.03. The summed E-state index contributed by atoms with van der Waals surface area (Å²) in [4.78, 5) is 14.8. The average Bonchev–Trinajstić information content (AvgIpc) is 3.72. The van der Waals surface area contributed by atoms with Crippen LogP contribution in [0.3, 0.4) is 0 Å². The van der Waals surface area contributed by atoms with E-state index in [-0.39, 0.29) is 0 Å². The third-order valence-electron chi connectivity index (χ3n) is 9.66. The minimum Gasteiger partial charge on any atom is -0.309 e. The maximum Gasteiger partial charge on any atom is 0.164 e. The summed E-state index contributed by atoms with van der Waals surface area (Å²) in [6.45, 7) is 5.65. The zero-order chi connectivity index (χ0) is 35.9. The van der Waals surface area contributed by atoms with Gasteiger partial charge in [0, 0.05) is 44.0 Å². The van der Waals surface area contributed by atoms with Crippen LogP contribution < -0.4 is 0 Å². The molecule has 0 aliphatic rings. The van der Waals surface area contributed by atoms with Crippen molar-refractivity contribution < 1.29 is 0 Å². The van der Waals surface area contributed by atoms with Gasteiger partial charge in [-0.1, -0.05) is 110 Å². The van der Waals surface area contributed by atoms with E-state index in [9.17, 15) is 5.26 Å². The number of allylic oxidation sites excluding steroid dienone is 5. The molecule has 3 aromatic heterocycles. The molecule has 9 aromatic rings. The Balaban J connectivity index is 1.28. The highest BCUT2D eigenvalue weighted by molar-refractivity contribution is 6.19. The molecule has 0 saturated heterocycles. The molecule has 6 aromatic carbocycles. The van der Waals surface area contributed by atoms with Crippen LogP contribution in [0.2, 0.25) is 0 Å². The Bertz CT molecular complexity index is 2980. The summed E-state index contributed by atoms with van der Waals surface area (Å²) in [5.41, 5.74) is 9.59. The van der Waals surface area contributed by atoms with Crippen LogP contribution in [0.1, 0.15) is 12.7 Å². The van der Waals surface area contributed by atoms with Gasteiger partial charge in [0.2, 0.25) is 0 Å². The van der Waals surface area contributed by atoms with Gasteiger partial charge >= 0.3 is 0 Å². The monoisotopic (exact) mass is 680 g/mol. The fraction of sp³-hybridized carbons (Fsp3) is 0.0213. The third-order valence-corrected chi connectivity index (χ3v) is 9.66. The number of benzene rings is 6. The first-order chi connectivity index (χ1) is 26.1. The van der Waals surface area contributed by atoms with Crippen molar-refractivity contribution >= 4 is 49.2 Å². The minimum absolute atomic E-state index is 0.467. The molecular formula is C47H32N6. The topological polar surface area (TPSA) is 72.3 Å². The van der Waals surface area contributed by atoms with Gasteiger partial charge in [0.25, 0.3) is 0 Å². The average molecular weight is 681 g/mol. The lowest BCUT2D eigenvalue weighted by molar-refractivity contribution is 1.03. The predicted molar refractivity (Wildman–Crippen MR) is 217 cm³/mol. The molecule has 53 heavy (non-hydrogen) atoms. The van der Waals surface area contributed by atoms with Crippen LogP contribution in [0, 0.1) is 11.3 Å². The summed E-state index contributed by atoms with van der Waals surface area (Å²) < 4.78 is 4.70. The van der Waals surface area contributed by atoms with Gasteiger partial charge in [0.1, 0.15) is 0 Å². The van der Waals surface area contributed by atoms with Crippen molar-refractivity contribution in [2.24, 2.45) is 0 Å². The number of aromatic nitrogens is 5. The molecule has 9 rings (SSSR count). The van der Waals surface area contributed by atoms with Crippen LogP contribution in [0.25, 0.3) is 83.3 Å². The Morgan fingerprint density at radius 1 is 0.566 bits per heavy atom. The van der Waals surface area contributed by atoms with E-state index in [1.54, 1.807) is 18.2 Å². The number of rotatable bonds is 7. The fourth-order valence-corrected chi connectivity index (χ4v) is 7.29. The molecule has 0 fully saturated rings. The highest BCUT2D eigenvalue weighted by atomic mass is 15.0. The maximum absolute atomic E-state index is 9.69. The van der Waals surface area contributed by atoms with Gasteiger partial charge in [-0.25, -0.2) is 15.0 Å². The zero-order valence-electron chi connectivity index (χ0n) is 29.0. The molecule has 0 atom stereocenters. The quantitative estimate of drug-likeness (QED) is 0.124. The van der Waals surface area contributed by atoms with Crippen molar-refractivity contribution in [3.63, 3.8) is 0 Å². The summed E-state index contributed by atoms with van der Waals surface area (Å²) in [6.07, 6.45) is 5.05. The number of para-hydroxylation sites is 3. The van der Waals surface area contributed by atoms with Gasteiger partial charge in [-0.3, -0.25) is 0 Å². The van der Waals surface area contributed by atoms with Crippen LogP contribution >= 0.6 is 0 Å². The Hall–Kier alpha value is -7.36. The summed E-state index contributed by atoms with van der Waals surface area (Å²) in [5, 5.41) is 14.5. The van der Waals surface area contributed by atoms with Gasteiger partial charge in [-0.2, -0.15) is 5.26 Å². The second-order valence-electron chi connectivity index (χ2n) is 12.9. The van der Waals surface area contributed by atoms with E-state index in [0.717, 1.165) is 44.6 Å². The molecule has 0 N–H and O–H groups in total. The number of fused-ring (bicyclic) bond motifs is 6. The molecule has 0 amide bonds. The maximum atomic E-state index is 9.69. The molecule has 0 aliphatic heterocycles. The molecule has 0 aliphatic carbocycles. The SMILES string of the molecule is C=C/C=C(C#N)\C=C(/C)c1nc(-c2ccccc2)nc(-c2cccc(-n3c4ccccc4c4cc5c6ccccc6n(-c6ccccc6)c5cc43)c2)n1. The fourth-order valence-electron chi connectivity index (χ4n) is 7.29. The van der Waals surface area contributed by atoms with E-state index in [4.69, 9.17) is 15.0 Å². The molecule has 0 bridgehead atoms. The van der Waals surface area contributed by atoms with E-state index in [2.05, 4.69) is 131 Å². The molecule has 250 valence electrons. The first-order valence-corrected chi connectivity index (χ1v) is 17.5. The summed E-state index contributed by atoms with van der Waals surface area (Å²) in [5.74, 6) is 1.60. The van der Waals surface area contributed by atoms with Crippen molar-refractivity contribution in [1.29, 1.82) is 5.26 Å². The first-order valence-electron chi connectivity index (χ1n) is 17.5. The van der Waals surface area contributed by atoms with Crippen molar-refractivity contribution in [2.45, 2.75) is 6.92 Å². The van der Waals surface area contributed by atoms with E-state index in [1.165, 1.54) is 27.1 Å². The Kier molecular flexibility index (Phi) is 7.80. The molecule has 0 radical (unpaired) electrons. The van der Waals surface area contributed by atoms with E-state index in [0.29, 0.717) is 23.0 Å². The van der Waals surface area contributed by atoms with E-state index in [1.807, 2.05) is 43.3 Å². The number of nitrogens with zero attached hydrogens (tertiary/aromatic N) is 6. The highest BCUT2D eigenvalue weighted by Crippen LogP contribution is 2.40. The molecular weight excluding hydrogens is 649 g/mol. The van der Waals surface area contributed by atoms with Gasteiger partial charge in [-0.05, 0) is 73.2 Å². The second-order valence-corrected chi connectivity index (χ2v) is 12.9. The number of nitriles is 1. The summed E-state index contributed by atoms with van der Waals surface area (Å²) >= 11 is 0. The molecule has 6 nitrogen and oxygen atoms in total. The lowest BCUT2D eigenvalue weighted by atomic mass is 10.1. The summed E-state index contributed by atoms with van der Waals surface area (Å²) in [6, 6.07) is 52.9. The molecule has 0 spiro atoms. The Labute approximate surface area is 306 Å². The standard InChI is InChI=1S/C47H32N6/c1-3-15-32(30-48)26-31(2)45-49-46(33-16-6-4-7-17-33)51-47(50-45)34-18-14-21-36(27-34)53-42-25-13-11-23-38(42)40-28-39-37-22-10-12-24-41(37)52(43(39)29-44(40)53)35-19-8-5-9-20-35/h3-29H,1H2,2H3/b31-26+,32-15+. The third kappa shape index (κ3) is 5.49.